The zero-order valence-corrected chi connectivity index (χ0v) is 14.3. The van der Waals surface area contributed by atoms with E-state index in [0.29, 0.717) is 21.4 Å². The van der Waals surface area contributed by atoms with Crippen LogP contribution in [0.25, 0.3) is 0 Å². The highest BCUT2D eigenvalue weighted by Gasteiger charge is 2.17. The van der Waals surface area contributed by atoms with Crippen molar-refractivity contribution in [2.75, 3.05) is 16.8 Å². The molecule has 0 bridgehead atoms. The number of benzene rings is 2. The van der Waals surface area contributed by atoms with Crippen LogP contribution in [-0.4, -0.2) is 18.4 Å². The second-order valence-corrected chi connectivity index (χ2v) is 5.90. The van der Waals surface area contributed by atoms with Crippen LogP contribution in [0.4, 0.5) is 11.4 Å². The van der Waals surface area contributed by atoms with E-state index in [1.807, 2.05) is 19.1 Å². The summed E-state index contributed by atoms with van der Waals surface area (Å²) in [5.74, 6) is -0.606. The summed E-state index contributed by atoms with van der Waals surface area (Å²) in [6, 6.07) is 12.3. The molecule has 0 radical (unpaired) electrons. The van der Waals surface area contributed by atoms with Crippen molar-refractivity contribution in [3.05, 3.63) is 58.1 Å². The summed E-state index contributed by atoms with van der Waals surface area (Å²) < 4.78 is 0. The number of anilines is 2. The third-order valence-corrected chi connectivity index (χ3v) is 3.88. The van der Waals surface area contributed by atoms with Crippen molar-refractivity contribution in [3.63, 3.8) is 0 Å². The molecule has 0 spiro atoms. The van der Waals surface area contributed by atoms with Gasteiger partial charge in [0.25, 0.3) is 0 Å². The molecular formula is C17H16Cl2N2O2. The smallest absolute Gasteiger partial charge is 0.244 e. The average molecular weight is 351 g/mol. The quantitative estimate of drug-likeness (QED) is 0.893. The fraction of sp³-hybridized carbons (Fsp3) is 0.176. The molecule has 120 valence electrons. The van der Waals surface area contributed by atoms with Gasteiger partial charge in [0, 0.05) is 12.6 Å². The summed E-state index contributed by atoms with van der Waals surface area (Å²) >= 11 is 12.1. The van der Waals surface area contributed by atoms with Crippen LogP contribution < -0.4 is 10.2 Å². The normalized spacial score (nSPS) is 10.3. The predicted molar refractivity (Wildman–Crippen MR) is 94.3 cm³/mol. The number of para-hydroxylation sites is 1. The molecule has 4 nitrogen and oxygen atoms in total. The maximum Gasteiger partial charge on any atom is 0.244 e. The molecule has 0 saturated carbocycles. The molecule has 0 fully saturated rings. The predicted octanol–water partition coefficient (Wildman–Crippen LogP) is 4.29. The van der Waals surface area contributed by atoms with Gasteiger partial charge in [0.2, 0.25) is 11.8 Å². The maximum atomic E-state index is 12.2. The Bertz CT molecular complexity index is 710. The molecular weight excluding hydrogens is 335 g/mol. The Morgan fingerprint density at radius 3 is 2.13 bits per heavy atom. The number of aryl methyl sites for hydroxylation is 1. The van der Waals surface area contributed by atoms with Crippen LogP contribution in [0.1, 0.15) is 12.5 Å². The lowest BCUT2D eigenvalue weighted by Gasteiger charge is -2.21. The van der Waals surface area contributed by atoms with E-state index in [0.717, 1.165) is 5.56 Å². The van der Waals surface area contributed by atoms with Crippen molar-refractivity contribution < 1.29 is 9.59 Å². The lowest BCUT2D eigenvalue weighted by molar-refractivity contribution is -0.120. The minimum atomic E-state index is -0.379. The molecule has 0 aliphatic heterocycles. The van der Waals surface area contributed by atoms with Crippen molar-refractivity contribution in [2.45, 2.75) is 13.8 Å². The van der Waals surface area contributed by atoms with Gasteiger partial charge in [0.05, 0.1) is 15.7 Å². The SMILES string of the molecule is CC(=O)N(CC(=O)Nc1c(Cl)cccc1Cl)c1ccc(C)cc1. The van der Waals surface area contributed by atoms with Crippen LogP contribution in [-0.2, 0) is 9.59 Å². The van der Waals surface area contributed by atoms with E-state index in [-0.39, 0.29) is 18.4 Å². The van der Waals surface area contributed by atoms with Crippen LogP contribution in [0, 0.1) is 6.92 Å². The molecule has 0 aliphatic carbocycles. The molecule has 2 rings (SSSR count). The van der Waals surface area contributed by atoms with Crippen molar-refractivity contribution in [2.24, 2.45) is 0 Å². The number of nitrogens with zero attached hydrogens (tertiary/aromatic N) is 1. The van der Waals surface area contributed by atoms with E-state index in [1.54, 1.807) is 30.3 Å². The Morgan fingerprint density at radius 2 is 1.61 bits per heavy atom. The molecule has 0 aliphatic rings. The third kappa shape index (κ3) is 4.47. The van der Waals surface area contributed by atoms with Gasteiger partial charge in [-0.2, -0.15) is 0 Å². The zero-order valence-electron chi connectivity index (χ0n) is 12.8. The summed E-state index contributed by atoms with van der Waals surface area (Å²) in [4.78, 5) is 25.5. The molecule has 0 heterocycles. The van der Waals surface area contributed by atoms with E-state index in [4.69, 9.17) is 23.2 Å². The summed E-state index contributed by atoms with van der Waals surface area (Å²) in [5, 5.41) is 3.33. The highest BCUT2D eigenvalue weighted by atomic mass is 35.5. The van der Waals surface area contributed by atoms with Gasteiger partial charge in [-0.25, -0.2) is 0 Å². The lowest BCUT2D eigenvalue weighted by Crippen LogP contribution is -2.36. The van der Waals surface area contributed by atoms with Crippen molar-refractivity contribution in [1.82, 2.24) is 0 Å². The third-order valence-electron chi connectivity index (χ3n) is 3.25. The highest BCUT2D eigenvalue weighted by Crippen LogP contribution is 2.29. The van der Waals surface area contributed by atoms with Gasteiger partial charge in [-0.15, -0.1) is 0 Å². The van der Waals surface area contributed by atoms with Crippen LogP contribution in [0.15, 0.2) is 42.5 Å². The first-order chi connectivity index (χ1) is 10.9. The molecule has 0 unspecified atom stereocenters. The molecule has 23 heavy (non-hydrogen) atoms. The average Bonchev–Trinajstić information content (AvgIpc) is 2.49. The number of hydrogen-bond donors (Lipinski definition) is 1. The number of hydrogen-bond acceptors (Lipinski definition) is 2. The molecule has 2 aromatic rings. The van der Waals surface area contributed by atoms with Crippen molar-refractivity contribution in [3.8, 4) is 0 Å². The molecule has 2 aromatic carbocycles. The molecule has 0 aromatic heterocycles. The standard InChI is InChI=1S/C17H16Cl2N2O2/c1-11-6-8-13(9-7-11)21(12(2)22)10-16(23)20-17-14(18)4-3-5-15(17)19/h3-9H,10H2,1-2H3,(H,20,23). The number of carbonyl (C=O) groups is 2. The Kier molecular flexibility index (Phi) is 5.64. The zero-order chi connectivity index (χ0) is 17.0. The summed E-state index contributed by atoms with van der Waals surface area (Å²) in [6.45, 7) is 3.24. The van der Waals surface area contributed by atoms with E-state index in [9.17, 15) is 9.59 Å². The second-order valence-electron chi connectivity index (χ2n) is 5.09. The first-order valence-corrected chi connectivity index (χ1v) is 7.72. The largest absolute Gasteiger partial charge is 0.322 e. The minimum absolute atomic E-state index is 0.125. The summed E-state index contributed by atoms with van der Waals surface area (Å²) in [6.07, 6.45) is 0. The fourth-order valence-corrected chi connectivity index (χ4v) is 2.54. The van der Waals surface area contributed by atoms with Gasteiger partial charge >= 0.3 is 0 Å². The maximum absolute atomic E-state index is 12.2. The number of nitrogens with one attached hydrogen (secondary N) is 1. The Hall–Kier alpha value is -2.04. The van der Waals surface area contributed by atoms with E-state index in [1.165, 1.54) is 11.8 Å². The number of amides is 2. The lowest BCUT2D eigenvalue weighted by atomic mass is 10.2. The Labute approximate surface area is 145 Å². The van der Waals surface area contributed by atoms with Crippen LogP contribution in [0.5, 0.6) is 0 Å². The Balaban J connectivity index is 2.16. The van der Waals surface area contributed by atoms with Crippen molar-refractivity contribution in [1.29, 1.82) is 0 Å². The number of rotatable bonds is 4. The van der Waals surface area contributed by atoms with Crippen LogP contribution in [0.3, 0.4) is 0 Å². The molecule has 0 atom stereocenters. The summed E-state index contributed by atoms with van der Waals surface area (Å²) in [5.41, 5.74) is 2.07. The van der Waals surface area contributed by atoms with Crippen molar-refractivity contribution >= 4 is 46.4 Å². The molecule has 2 amide bonds. The van der Waals surface area contributed by atoms with Gasteiger partial charge in [0.15, 0.2) is 0 Å². The van der Waals surface area contributed by atoms with Gasteiger partial charge < -0.3 is 10.2 Å². The second kappa shape index (κ2) is 7.49. The van der Waals surface area contributed by atoms with Crippen LogP contribution >= 0.6 is 23.2 Å². The molecule has 1 N–H and O–H groups in total. The van der Waals surface area contributed by atoms with Gasteiger partial charge in [-0.05, 0) is 31.2 Å². The van der Waals surface area contributed by atoms with Crippen LogP contribution in [0.2, 0.25) is 10.0 Å². The van der Waals surface area contributed by atoms with E-state index in [2.05, 4.69) is 5.32 Å². The van der Waals surface area contributed by atoms with E-state index < -0.39 is 0 Å². The first kappa shape index (κ1) is 17.3. The first-order valence-electron chi connectivity index (χ1n) is 6.97. The fourth-order valence-electron chi connectivity index (χ4n) is 2.05. The minimum Gasteiger partial charge on any atom is -0.322 e. The van der Waals surface area contributed by atoms with Gasteiger partial charge in [-0.3, -0.25) is 9.59 Å². The number of carbonyl (C=O) groups excluding carboxylic acids is 2. The topological polar surface area (TPSA) is 49.4 Å². The monoisotopic (exact) mass is 350 g/mol. The molecule has 0 saturated heterocycles. The highest BCUT2D eigenvalue weighted by molar-refractivity contribution is 6.39. The van der Waals surface area contributed by atoms with Gasteiger partial charge in [-0.1, -0.05) is 47.0 Å². The van der Waals surface area contributed by atoms with E-state index >= 15 is 0 Å². The summed E-state index contributed by atoms with van der Waals surface area (Å²) in [7, 11) is 0. The molecule has 6 heteroatoms. The number of halogens is 2. The Morgan fingerprint density at radius 1 is 1.04 bits per heavy atom. The van der Waals surface area contributed by atoms with Gasteiger partial charge in [0.1, 0.15) is 6.54 Å².